The van der Waals surface area contributed by atoms with Crippen molar-refractivity contribution in [1.82, 2.24) is 4.98 Å². The van der Waals surface area contributed by atoms with Gasteiger partial charge in [0.05, 0.1) is 0 Å². The number of carbonyl (C=O) groups is 1. The van der Waals surface area contributed by atoms with E-state index in [0.717, 1.165) is 9.13 Å². The average Bonchev–Trinajstić information content (AvgIpc) is 3.05. The van der Waals surface area contributed by atoms with E-state index in [9.17, 15) is 4.79 Å². The Balaban J connectivity index is 1.65. The summed E-state index contributed by atoms with van der Waals surface area (Å²) in [4.78, 5) is 16.0. The van der Waals surface area contributed by atoms with Gasteiger partial charge in [0.2, 0.25) is 5.91 Å². The molecule has 0 saturated heterocycles. The molecule has 0 aliphatic heterocycles. The van der Waals surface area contributed by atoms with Gasteiger partial charge >= 0.3 is 0 Å². The van der Waals surface area contributed by atoms with Crippen LogP contribution in [0.4, 0.5) is 5.82 Å². The van der Waals surface area contributed by atoms with Gasteiger partial charge in [-0.05, 0) is 77.2 Å². The zero-order chi connectivity index (χ0) is 16.9. The van der Waals surface area contributed by atoms with Crippen molar-refractivity contribution in [1.29, 1.82) is 0 Å². The summed E-state index contributed by atoms with van der Waals surface area (Å²) in [6, 6.07) is 14.6. The number of rotatable bonds is 4. The molecule has 0 aliphatic rings. The lowest BCUT2D eigenvalue weighted by Crippen LogP contribution is -2.08. The second-order valence-corrected chi connectivity index (χ2v) is 6.58. The topological polar surface area (TPSA) is 55.1 Å². The molecule has 4 nitrogen and oxygen atoms in total. The Morgan fingerprint density at radius 3 is 2.62 bits per heavy atom. The standard InChI is InChI=1S/C18H12ClIN2O2/c19-13-3-1-12(2-4-13)16-8-6-15(24-16)7-10-18(23)22-17-9-5-14(20)11-21-17/h1-11H,(H,21,22,23)/b10-7+. The third kappa shape index (κ3) is 4.46. The Morgan fingerprint density at radius 1 is 1.12 bits per heavy atom. The molecule has 0 aliphatic carbocycles. The number of hydrogen-bond acceptors (Lipinski definition) is 3. The van der Waals surface area contributed by atoms with Crippen molar-refractivity contribution in [3.63, 3.8) is 0 Å². The molecule has 2 heterocycles. The highest BCUT2D eigenvalue weighted by molar-refractivity contribution is 14.1. The summed E-state index contributed by atoms with van der Waals surface area (Å²) in [6.07, 6.45) is 4.70. The van der Waals surface area contributed by atoms with Crippen molar-refractivity contribution in [2.45, 2.75) is 0 Å². The van der Waals surface area contributed by atoms with Crippen molar-refractivity contribution >= 4 is 52.0 Å². The first-order valence-corrected chi connectivity index (χ1v) is 8.52. The predicted molar refractivity (Wildman–Crippen MR) is 104 cm³/mol. The van der Waals surface area contributed by atoms with Crippen LogP contribution in [0.1, 0.15) is 5.76 Å². The summed E-state index contributed by atoms with van der Waals surface area (Å²) in [7, 11) is 0. The quantitative estimate of drug-likeness (QED) is 0.436. The molecule has 0 saturated carbocycles. The molecule has 1 N–H and O–H groups in total. The Hall–Kier alpha value is -2.12. The SMILES string of the molecule is O=C(/C=C/c1ccc(-c2ccc(Cl)cc2)o1)Nc1ccc(I)cn1. The van der Waals surface area contributed by atoms with Crippen LogP contribution in [0.3, 0.4) is 0 Å². The fourth-order valence-corrected chi connectivity index (χ4v) is 2.43. The summed E-state index contributed by atoms with van der Waals surface area (Å²) >= 11 is 8.03. The van der Waals surface area contributed by atoms with Gasteiger partial charge in [0.15, 0.2) is 0 Å². The summed E-state index contributed by atoms with van der Waals surface area (Å²) in [6.45, 7) is 0. The highest BCUT2D eigenvalue weighted by Crippen LogP contribution is 2.24. The van der Waals surface area contributed by atoms with E-state index in [-0.39, 0.29) is 5.91 Å². The maximum absolute atomic E-state index is 11.9. The molecule has 0 spiro atoms. The predicted octanol–water partition coefficient (Wildman–Crippen LogP) is 5.25. The van der Waals surface area contributed by atoms with Crippen LogP contribution in [0.5, 0.6) is 0 Å². The number of nitrogens with zero attached hydrogens (tertiary/aromatic N) is 1. The summed E-state index contributed by atoms with van der Waals surface area (Å²) in [5.74, 6) is 1.54. The minimum Gasteiger partial charge on any atom is -0.457 e. The number of benzene rings is 1. The third-order valence-corrected chi connectivity index (χ3v) is 4.02. The van der Waals surface area contributed by atoms with E-state index in [4.69, 9.17) is 16.0 Å². The lowest BCUT2D eigenvalue weighted by Gasteiger charge is -2.00. The second kappa shape index (κ2) is 7.63. The number of aromatic nitrogens is 1. The van der Waals surface area contributed by atoms with E-state index in [2.05, 4.69) is 32.9 Å². The fourth-order valence-electron chi connectivity index (χ4n) is 1.99. The third-order valence-electron chi connectivity index (χ3n) is 3.13. The Labute approximate surface area is 157 Å². The maximum Gasteiger partial charge on any atom is 0.249 e. The monoisotopic (exact) mass is 450 g/mol. The first-order chi connectivity index (χ1) is 11.6. The molecular formula is C18H12ClIN2O2. The molecule has 0 fully saturated rings. The van der Waals surface area contributed by atoms with Crippen molar-refractivity contribution in [3.8, 4) is 11.3 Å². The van der Waals surface area contributed by atoms with Gasteiger partial charge in [-0.1, -0.05) is 11.6 Å². The molecule has 2 aromatic heterocycles. The van der Waals surface area contributed by atoms with Crippen LogP contribution in [-0.2, 0) is 4.79 Å². The molecule has 1 amide bonds. The Kier molecular flexibility index (Phi) is 5.32. The highest BCUT2D eigenvalue weighted by Gasteiger charge is 2.04. The number of pyridine rings is 1. The minimum atomic E-state index is -0.270. The maximum atomic E-state index is 11.9. The number of nitrogens with one attached hydrogen (secondary N) is 1. The van der Waals surface area contributed by atoms with E-state index in [1.165, 1.54) is 6.08 Å². The van der Waals surface area contributed by atoms with E-state index >= 15 is 0 Å². The molecule has 0 radical (unpaired) electrons. The number of furan rings is 1. The highest BCUT2D eigenvalue weighted by atomic mass is 127. The summed E-state index contributed by atoms with van der Waals surface area (Å²) in [5, 5.41) is 3.36. The zero-order valence-corrected chi connectivity index (χ0v) is 15.3. The van der Waals surface area contributed by atoms with Crippen LogP contribution in [0, 0.1) is 3.57 Å². The Bertz CT molecular complexity index is 871. The van der Waals surface area contributed by atoms with Crippen LogP contribution in [0.15, 0.2) is 65.2 Å². The number of carbonyl (C=O) groups excluding carboxylic acids is 1. The van der Waals surface area contributed by atoms with Gasteiger partial charge in [0.1, 0.15) is 17.3 Å². The van der Waals surface area contributed by atoms with Gasteiger partial charge in [-0.2, -0.15) is 0 Å². The first kappa shape index (κ1) is 16.7. The van der Waals surface area contributed by atoms with Crippen molar-refractivity contribution in [2.75, 3.05) is 5.32 Å². The smallest absolute Gasteiger partial charge is 0.249 e. The van der Waals surface area contributed by atoms with Crippen LogP contribution in [0.2, 0.25) is 5.02 Å². The summed E-state index contributed by atoms with van der Waals surface area (Å²) in [5.41, 5.74) is 0.923. The van der Waals surface area contributed by atoms with Crippen LogP contribution in [0.25, 0.3) is 17.4 Å². The molecule has 0 bridgehead atoms. The fraction of sp³-hybridized carbons (Fsp3) is 0. The lowest BCUT2D eigenvalue weighted by molar-refractivity contribution is -0.111. The normalized spacial score (nSPS) is 10.9. The van der Waals surface area contributed by atoms with E-state index in [0.29, 0.717) is 22.4 Å². The first-order valence-electron chi connectivity index (χ1n) is 7.06. The molecular weight excluding hydrogens is 439 g/mol. The summed E-state index contributed by atoms with van der Waals surface area (Å²) < 4.78 is 6.71. The molecule has 120 valence electrons. The van der Waals surface area contributed by atoms with Gasteiger partial charge < -0.3 is 9.73 Å². The lowest BCUT2D eigenvalue weighted by atomic mass is 10.2. The van der Waals surface area contributed by atoms with Crippen LogP contribution in [-0.4, -0.2) is 10.9 Å². The van der Waals surface area contributed by atoms with E-state index < -0.39 is 0 Å². The molecule has 3 aromatic rings. The number of amides is 1. The zero-order valence-electron chi connectivity index (χ0n) is 12.4. The molecule has 0 unspecified atom stereocenters. The van der Waals surface area contributed by atoms with Gasteiger partial charge in [-0.3, -0.25) is 4.79 Å². The van der Waals surface area contributed by atoms with Gasteiger partial charge in [0.25, 0.3) is 0 Å². The van der Waals surface area contributed by atoms with E-state index in [1.807, 2.05) is 24.3 Å². The molecule has 24 heavy (non-hydrogen) atoms. The Morgan fingerprint density at radius 2 is 1.92 bits per heavy atom. The van der Waals surface area contributed by atoms with Gasteiger partial charge in [0, 0.05) is 26.4 Å². The van der Waals surface area contributed by atoms with Gasteiger partial charge in [-0.25, -0.2) is 4.98 Å². The van der Waals surface area contributed by atoms with Crippen LogP contribution >= 0.6 is 34.2 Å². The molecule has 3 rings (SSSR count). The second-order valence-electron chi connectivity index (χ2n) is 4.89. The van der Waals surface area contributed by atoms with Crippen molar-refractivity contribution < 1.29 is 9.21 Å². The van der Waals surface area contributed by atoms with Crippen molar-refractivity contribution in [3.05, 3.63) is 75.2 Å². The molecule has 1 aromatic carbocycles. The van der Waals surface area contributed by atoms with E-state index in [1.54, 1.807) is 36.5 Å². The van der Waals surface area contributed by atoms with Crippen LogP contribution < -0.4 is 5.32 Å². The molecule has 6 heteroatoms. The largest absolute Gasteiger partial charge is 0.457 e. The number of anilines is 1. The molecule has 0 atom stereocenters. The minimum absolute atomic E-state index is 0.270. The van der Waals surface area contributed by atoms with Gasteiger partial charge in [-0.15, -0.1) is 0 Å². The number of hydrogen-bond donors (Lipinski definition) is 1. The number of halogens is 2. The average molecular weight is 451 g/mol. The van der Waals surface area contributed by atoms with Crippen molar-refractivity contribution in [2.24, 2.45) is 0 Å².